The van der Waals surface area contributed by atoms with Crippen molar-refractivity contribution >= 4 is 0 Å². The summed E-state index contributed by atoms with van der Waals surface area (Å²) in [6, 6.07) is 3.73. The van der Waals surface area contributed by atoms with Gasteiger partial charge >= 0.3 is 12.1 Å². The molecule has 7 heteroatoms. The van der Waals surface area contributed by atoms with Gasteiger partial charge in [-0.25, -0.2) is 0 Å². The number of halogens is 5. The lowest BCUT2D eigenvalue weighted by Gasteiger charge is -2.26. The van der Waals surface area contributed by atoms with Gasteiger partial charge in [-0.05, 0) is 19.1 Å². The molecule has 0 bridgehead atoms. The van der Waals surface area contributed by atoms with Gasteiger partial charge in [-0.1, -0.05) is 11.6 Å². The quantitative estimate of drug-likeness (QED) is 0.854. The molecule has 0 fully saturated rings. The number of hydrogen-bond donors (Lipinski definition) is 1. The maximum atomic E-state index is 13.0. The number of aryl methyl sites for hydroxylation is 1. The Balaban J connectivity index is 3.26. The van der Waals surface area contributed by atoms with Gasteiger partial charge in [-0.3, -0.25) is 0 Å². The molecule has 1 atom stereocenters. The van der Waals surface area contributed by atoms with Crippen LogP contribution in [-0.2, 0) is 0 Å². The van der Waals surface area contributed by atoms with Crippen molar-refractivity contribution in [3.8, 4) is 5.75 Å². The van der Waals surface area contributed by atoms with Crippen molar-refractivity contribution in [3.05, 3.63) is 29.3 Å². The first-order valence-corrected chi connectivity index (χ1v) is 4.88. The minimum Gasteiger partial charge on any atom is -0.496 e. The summed E-state index contributed by atoms with van der Waals surface area (Å²) in [4.78, 5) is 0. The van der Waals surface area contributed by atoms with E-state index >= 15 is 0 Å². The number of alkyl halides is 5. The Morgan fingerprint density at radius 3 is 2.17 bits per heavy atom. The fraction of sp³-hybridized carbons (Fsp3) is 0.455. The average Bonchev–Trinajstić information content (AvgIpc) is 2.26. The van der Waals surface area contributed by atoms with Crippen LogP contribution < -0.4 is 4.74 Å². The van der Waals surface area contributed by atoms with Gasteiger partial charge in [0, 0.05) is 5.56 Å². The molecule has 0 aromatic heterocycles. The van der Waals surface area contributed by atoms with Crippen LogP contribution in [0.2, 0.25) is 0 Å². The molecule has 0 aliphatic carbocycles. The molecular weight excluding hydrogens is 259 g/mol. The van der Waals surface area contributed by atoms with E-state index in [0.717, 1.165) is 13.2 Å². The number of aliphatic hydroxyl groups excluding tert-OH is 1. The number of methoxy groups -OCH3 is 1. The zero-order valence-electron chi connectivity index (χ0n) is 9.55. The molecule has 18 heavy (non-hydrogen) atoms. The van der Waals surface area contributed by atoms with Crippen molar-refractivity contribution in [1.29, 1.82) is 0 Å². The zero-order valence-corrected chi connectivity index (χ0v) is 9.55. The van der Waals surface area contributed by atoms with Crippen molar-refractivity contribution in [2.24, 2.45) is 0 Å². The van der Waals surface area contributed by atoms with Crippen LogP contribution in [0.15, 0.2) is 18.2 Å². The molecule has 0 saturated heterocycles. The summed E-state index contributed by atoms with van der Waals surface area (Å²) in [5, 5.41) is 9.27. The second kappa shape index (κ2) is 4.72. The Bertz CT molecular complexity index is 428. The second-order valence-electron chi connectivity index (χ2n) is 3.77. The fourth-order valence-electron chi connectivity index (χ4n) is 1.42. The fourth-order valence-corrected chi connectivity index (χ4v) is 1.42. The van der Waals surface area contributed by atoms with E-state index in [9.17, 15) is 27.1 Å². The Morgan fingerprint density at radius 1 is 1.17 bits per heavy atom. The third-order valence-electron chi connectivity index (χ3n) is 2.40. The van der Waals surface area contributed by atoms with Crippen LogP contribution in [-0.4, -0.2) is 24.3 Å². The maximum Gasteiger partial charge on any atom is 0.456 e. The number of aliphatic hydroxyl groups is 1. The van der Waals surface area contributed by atoms with Crippen molar-refractivity contribution in [1.82, 2.24) is 0 Å². The lowest BCUT2D eigenvalue weighted by Crippen LogP contribution is -2.42. The molecule has 1 aromatic rings. The molecule has 0 aliphatic heterocycles. The third kappa shape index (κ3) is 2.55. The molecule has 0 spiro atoms. The normalized spacial score (nSPS) is 14.4. The van der Waals surface area contributed by atoms with Crippen molar-refractivity contribution < 1.29 is 31.8 Å². The standard InChI is InChI=1S/C11H11F5O2/c1-6-3-4-8(18-2)7(5-6)9(17)10(12,13)11(14,15)16/h3-5,9,17H,1-2H3. The average molecular weight is 270 g/mol. The van der Waals surface area contributed by atoms with E-state index in [1.807, 2.05) is 0 Å². The molecular formula is C11H11F5O2. The molecule has 1 unspecified atom stereocenters. The number of hydrogen-bond acceptors (Lipinski definition) is 2. The van der Waals surface area contributed by atoms with E-state index in [1.54, 1.807) is 0 Å². The molecule has 0 radical (unpaired) electrons. The van der Waals surface area contributed by atoms with E-state index < -0.39 is 23.8 Å². The first-order chi connectivity index (χ1) is 8.11. The summed E-state index contributed by atoms with van der Waals surface area (Å²) in [5.74, 6) is -5.47. The lowest BCUT2D eigenvalue weighted by atomic mass is 10.00. The largest absolute Gasteiger partial charge is 0.496 e. The van der Waals surface area contributed by atoms with Gasteiger partial charge in [0.25, 0.3) is 0 Å². The van der Waals surface area contributed by atoms with Crippen LogP contribution in [0.1, 0.15) is 17.2 Å². The first-order valence-electron chi connectivity index (χ1n) is 4.88. The molecule has 0 aliphatic rings. The van der Waals surface area contributed by atoms with Crippen LogP contribution in [0.5, 0.6) is 5.75 Å². The van der Waals surface area contributed by atoms with Gasteiger partial charge in [0.2, 0.25) is 0 Å². The minimum atomic E-state index is -5.83. The molecule has 1 aromatic carbocycles. The summed E-state index contributed by atoms with van der Waals surface area (Å²) in [6.07, 6.45) is -8.84. The highest BCUT2D eigenvalue weighted by Crippen LogP contribution is 2.46. The van der Waals surface area contributed by atoms with Gasteiger partial charge in [-0.15, -0.1) is 0 Å². The highest BCUT2D eigenvalue weighted by molar-refractivity contribution is 5.39. The minimum absolute atomic E-state index is 0.225. The maximum absolute atomic E-state index is 13.0. The number of rotatable bonds is 3. The monoisotopic (exact) mass is 270 g/mol. The summed E-state index contributed by atoms with van der Waals surface area (Å²) in [6.45, 7) is 1.50. The third-order valence-corrected chi connectivity index (χ3v) is 2.40. The van der Waals surface area contributed by atoms with Crippen LogP contribution in [0.25, 0.3) is 0 Å². The summed E-state index contributed by atoms with van der Waals surface area (Å²) in [5.41, 5.74) is -0.164. The highest BCUT2D eigenvalue weighted by atomic mass is 19.4. The van der Waals surface area contributed by atoms with Crippen LogP contribution in [0.3, 0.4) is 0 Å². The Hall–Kier alpha value is -1.37. The Kier molecular flexibility index (Phi) is 3.85. The zero-order chi connectivity index (χ0) is 14.1. The topological polar surface area (TPSA) is 29.5 Å². The van der Waals surface area contributed by atoms with Crippen molar-refractivity contribution in [2.75, 3.05) is 7.11 Å². The van der Waals surface area contributed by atoms with Crippen LogP contribution in [0.4, 0.5) is 22.0 Å². The van der Waals surface area contributed by atoms with Gasteiger partial charge < -0.3 is 9.84 Å². The Labute approximate surface area is 100.0 Å². The summed E-state index contributed by atoms with van der Waals surface area (Å²) >= 11 is 0. The van der Waals surface area contributed by atoms with Gasteiger partial charge in [0.05, 0.1) is 7.11 Å². The molecule has 0 amide bonds. The van der Waals surface area contributed by atoms with E-state index in [0.29, 0.717) is 5.56 Å². The molecule has 1 N–H and O–H groups in total. The van der Waals surface area contributed by atoms with E-state index in [2.05, 4.69) is 4.74 Å². The van der Waals surface area contributed by atoms with Gasteiger partial charge in [0.15, 0.2) is 6.10 Å². The van der Waals surface area contributed by atoms with E-state index in [4.69, 9.17) is 0 Å². The molecule has 0 saturated carbocycles. The first kappa shape index (κ1) is 14.7. The van der Waals surface area contributed by atoms with E-state index in [1.165, 1.54) is 19.1 Å². The summed E-state index contributed by atoms with van der Waals surface area (Å²) < 4.78 is 67.2. The number of benzene rings is 1. The predicted octanol–water partition coefficient (Wildman–Crippen LogP) is 3.23. The second-order valence-corrected chi connectivity index (χ2v) is 3.77. The van der Waals surface area contributed by atoms with Crippen LogP contribution in [0, 0.1) is 6.92 Å². The number of ether oxygens (including phenoxy) is 1. The predicted molar refractivity (Wildman–Crippen MR) is 53.7 cm³/mol. The van der Waals surface area contributed by atoms with Crippen LogP contribution >= 0.6 is 0 Å². The summed E-state index contributed by atoms with van der Waals surface area (Å²) in [7, 11) is 1.12. The van der Waals surface area contributed by atoms with E-state index in [-0.39, 0.29) is 5.75 Å². The molecule has 2 nitrogen and oxygen atoms in total. The van der Waals surface area contributed by atoms with Crippen molar-refractivity contribution in [3.63, 3.8) is 0 Å². The van der Waals surface area contributed by atoms with Gasteiger partial charge in [-0.2, -0.15) is 22.0 Å². The molecule has 1 rings (SSSR count). The lowest BCUT2D eigenvalue weighted by molar-refractivity contribution is -0.315. The SMILES string of the molecule is COc1ccc(C)cc1C(O)C(F)(F)C(F)(F)F. The Morgan fingerprint density at radius 2 is 1.72 bits per heavy atom. The smallest absolute Gasteiger partial charge is 0.456 e. The van der Waals surface area contributed by atoms with Gasteiger partial charge in [0.1, 0.15) is 5.75 Å². The van der Waals surface area contributed by atoms with Crippen molar-refractivity contribution in [2.45, 2.75) is 25.1 Å². The highest BCUT2D eigenvalue weighted by Gasteiger charge is 2.63. The molecule has 0 heterocycles. The molecule has 102 valence electrons.